The van der Waals surface area contributed by atoms with Gasteiger partial charge < -0.3 is 11.1 Å². The van der Waals surface area contributed by atoms with Crippen molar-refractivity contribution in [1.29, 1.82) is 0 Å². The Labute approximate surface area is 113 Å². The lowest BCUT2D eigenvalue weighted by molar-refractivity contribution is 0.0937. The number of carbonyl (C=O) groups excluding carboxylic acids is 1. The van der Waals surface area contributed by atoms with Gasteiger partial charge in [-0.05, 0) is 31.2 Å². The molecular weight excluding hydrogens is 238 g/mol. The van der Waals surface area contributed by atoms with Crippen LogP contribution in [0.25, 0.3) is 0 Å². The number of carbonyl (C=O) groups is 1. The third-order valence-corrected chi connectivity index (χ3v) is 3.42. The van der Waals surface area contributed by atoms with Gasteiger partial charge in [0.05, 0.1) is 17.7 Å². The minimum absolute atomic E-state index is 0.0668. The van der Waals surface area contributed by atoms with Crippen molar-refractivity contribution < 1.29 is 4.79 Å². The van der Waals surface area contributed by atoms with Gasteiger partial charge in [-0.15, -0.1) is 0 Å². The van der Waals surface area contributed by atoms with Gasteiger partial charge in [0, 0.05) is 18.4 Å². The van der Waals surface area contributed by atoms with E-state index in [4.69, 9.17) is 5.73 Å². The van der Waals surface area contributed by atoms with E-state index in [-0.39, 0.29) is 18.5 Å². The van der Waals surface area contributed by atoms with Crippen LogP contribution in [0.15, 0.2) is 18.5 Å². The summed E-state index contributed by atoms with van der Waals surface area (Å²) in [6.45, 7) is 2.49. The highest BCUT2D eigenvalue weighted by Crippen LogP contribution is 2.24. The number of aromatic nitrogens is 1. The minimum atomic E-state index is -0.0668. The molecule has 4 nitrogen and oxygen atoms in total. The third kappa shape index (κ3) is 3.55. The van der Waals surface area contributed by atoms with Gasteiger partial charge in [-0.2, -0.15) is 0 Å². The van der Waals surface area contributed by atoms with Gasteiger partial charge in [0.1, 0.15) is 0 Å². The van der Waals surface area contributed by atoms with Crippen LogP contribution in [0.2, 0.25) is 0 Å². The Balaban J connectivity index is 2.10. The largest absolute Gasteiger partial charge is 0.349 e. The Bertz CT molecular complexity index is 516. The van der Waals surface area contributed by atoms with Gasteiger partial charge in [-0.25, -0.2) is 0 Å². The summed E-state index contributed by atoms with van der Waals surface area (Å²) in [5, 5.41) is 3.08. The fourth-order valence-electron chi connectivity index (χ4n) is 2.44. The number of hydrogen-bond donors (Lipinski definition) is 2. The van der Waals surface area contributed by atoms with Crippen LogP contribution in [0.3, 0.4) is 0 Å². The van der Waals surface area contributed by atoms with Crippen LogP contribution in [-0.4, -0.2) is 23.5 Å². The zero-order chi connectivity index (χ0) is 13.7. The number of amides is 1. The van der Waals surface area contributed by atoms with E-state index in [1.54, 1.807) is 18.5 Å². The van der Waals surface area contributed by atoms with Crippen molar-refractivity contribution in [2.24, 2.45) is 11.7 Å². The molecule has 1 aromatic heterocycles. The zero-order valence-electron chi connectivity index (χ0n) is 11.1. The van der Waals surface area contributed by atoms with E-state index in [0.717, 1.165) is 12.8 Å². The van der Waals surface area contributed by atoms with Crippen molar-refractivity contribution in [1.82, 2.24) is 10.3 Å². The summed E-state index contributed by atoms with van der Waals surface area (Å²) < 4.78 is 0. The van der Waals surface area contributed by atoms with E-state index in [1.165, 1.54) is 6.42 Å². The van der Waals surface area contributed by atoms with E-state index < -0.39 is 0 Å². The third-order valence-electron chi connectivity index (χ3n) is 3.42. The van der Waals surface area contributed by atoms with Crippen LogP contribution in [0.4, 0.5) is 0 Å². The normalized spacial score (nSPS) is 21.6. The van der Waals surface area contributed by atoms with Crippen molar-refractivity contribution in [3.05, 3.63) is 29.6 Å². The molecule has 1 fully saturated rings. The molecule has 1 aliphatic rings. The molecule has 1 aromatic rings. The Morgan fingerprint density at radius 1 is 1.58 bits per heavy atom. The van der Waals surface area contributed by atoms with Crippen molar-refractivity contribution >= 4 is 5.91 Å². The molecule has 4 heteroatoms. The minimum Gasteiger partial charge on any atom is -0.349 e. The van der Waals surface area contributed by atoms with Crippen LogP contribution in [-0.2, 0) is 0 Å². The highest BCUT2D eigenvalue weighted by Gasteiger charge is 2.23. The second kappa shape index (κ2) is 6.35. The molecule has 2 atom stereocenters. The first-order chi connectivity index (χ1) is 9.20. The fourth-order valence-corrected chi connectivity index (χ4v) is 2.44. The van der Waals surface area contributed by atoms with E-state index in [1.807, 2.05) is 0 Å². The number of nitrogens with zero attached hydrogens (tertiary/aromatic N) is 1. The Hall–Kier alpha value is -1.86. The number of nitrogens with two attached hydrogens (primary N) is 1. The van der Waals surface area contributed by atoms with Crippen molar-refractivity contribution in [3.8, 4) is 11.8 Å². The average Bonchev–Trinajstić information content (AvgIpc) is 2.82. The monoisotopic (exact) mass is 257 g/mol. The molecule has 2 unspecified atom stereocenters. The molecule has 1 amide bonds. The van der Waals surface area contributed by atoms with Crippen LogP contribution >= 0.6 is 0 Å². The quantitative estimate of drug-likeness (QED) is 0.785. The average molecular weight is 257 g/mol. The summed E-state index contributed by atoms with van der Waals surface area (Å²) >= 11 is 0. The predicted octanol–water partition coefficient (Wildman–Crippen LogP) is 1.31. The SMILES string of the molecule is CC1CCC(NC(=O)c2ccncc2C#CCN)C1. The van der Waals surface area contributed by atoms with Gasteiger partial charge in [-0.1, -0.05) is 18.8 Å². The number of hydrogen-bond acceptors (Lipinski definition) is 3. The number of rotatable bonds is 2. The highest BCUT2D eigenvalue weighted by atomic mass is 16.1. The van der Waals surface area contributed by atoms with Gasteiger partial charge in [-0.3, -0.25) is 9.78 Å². The molecule has 19 heavy (non-hydrogen) atoms. The topological polar surface area (TPSA) is 68.0 Å². The maximum absolute atomic E-state index is 12.3. The molecule has 0 radical (unpaired) electrons. The molecular formula is C15H19N3O. The number of pyridine rings is 1. The zero-order valence-corrected chi connectivity index (χ0v) is 11.1. The van der Waals surface area contributed by atoms with E-state index in [0.29, 0.717) is 17.0 Å². The molecule has 0 aliphatic heterocycles. The van der Waals surface area contributed by atoms with Crippen LogP contribution < -0.4 is 11.1 Å². The van der Waals surface area contributed by atoms with Gasteiger partial charge >= 0.3 is 0 Å². The van der Waals surface area contributed by atoms with Gasteiger partial charge in [0.15, 0.2) is 0 Å². The molecule has 0 aromatic carbocycles. The first kappa shape index (κ1) is 13.6. The lowest BCUT2D eigenvalue weighted by atomic mass is 10.1. The van der Waals surface area contributed by atoms with Crippen molar-refractivity contribution in [2.75, 3.05) is 6.54 Å². The molecule has 1 saturated carbocycles. The first-order valence-corrected chi connectivity index (χ1v) is 6.64. The molecule has 1 aliphatic carbocycles. The van der Waals surface area contributed by atoms with E-state index in [9.17, 15) is 4.79 Å². The lowest BCUT2D eigenvalue weighted by Crippen LogP contribution is -2.33. The second-order valence-corrected chi connectivity index (χ2v) is 5.02. The van der Waals surface area contributed by atoms with Crippen LogP contribution in [0.5, 0.6) is 0 Å². The van der Waals surface area contributed by atoms with Crippen molar-refractivity contribution in [3.63, 3.8) is 0 Å². The fraction of sp³-hybridized carbons (Fsp3) is 0.467. The van der Waals surface area contributed by atoms with E-state index >= 15 is 0 Å². The summed E-state index contributed by atoms with van der Waals surface area (Å²) in [5.41, 5.74) is 6.57. The standard InChI is InChI=1S/C15H19N3O/c1-11-4-5-13(9-11)18-15(19)14-6-8-17-10-12(14)3-2-7-16/h6,8,10-11,13H,4-5,7,9,16H2,1H3,(H,18,19). The highest BCUT2D eigenvalue weighted by molar-refractivity contribution is 5.96. The van der Waals surface area contributed by atoms with E-state index in [2.05, 4.69) is 29.1 Å². The Morgan fingerprint density at radius 2 is 2.42 bits per heavy atom. The van der Waals surface area contributed by atoms with Crippen molar-refractivity contribution in [2.45, 2.75) is 32.2 Å². The summed E-state index contributed by atoms with van der Waals surface area (Å²) in [6.07, 6.45) is 6.51. The number of nitrogens with one attached hydrogen (secondary N) is 1. The Morgan fingerprint density at radius 3 is 3.11 bits per heavy atom. The summed E-state index contributed by atoms with van der Waals surface area (Å²) in [4.78, 5) is 16.3. The lowest BCUT2D eigenvalue weighted by Gasteiger charge is -2.13. The van der Waals surface area contributed by atoms with Crippen LogP contribution in [0.1, 0.15) is 42.1 Å². The molecule has 1 heterocycles. The molecule has 0 bridgehead atoms. The Kier molecular flexibility index (Phi) is 4.53. The molecule has 2 rings (SSSR count). The molecule has 0 saturated heterocycles. The maximum Gasteiger partial charge on any atom is 0.252 e. The summed E-state index contributed by atoms with van der Waals surface area (Å²) in [7, 11) is 0. The molecule has 100 valence electrons. The first-order valence-electron chi connectivity index (χ1n) is 6.64. The molecule has 0 spiro atoms. The van der Waals surface area contributed by atoms with Crippen LogP contribution in [0, 0.1) is 17.8 Å². The maximum atomic E-state index is 12.3. The van der Waals surface area contributed by atoms with Gasteiger partial charge in [0.2, 0.25) is 0 Å². The van der Waals surface area contributed by atoms with Gasteiger partial charge in [0.25, 0.3) is 5.91 Å². The molecule has 3 N–H and O–H groups in total. The predicted molar refractivity (Wildman–Crippen MR) is 74.4 cm³/mol. The second-order valence-electron chi connectivity index (χ2n) is 5.02. The summed E-state index contributed by atoms with van der Waals surface area (Å²) in [6, 6.07) is 1.99. The smallest absolute Gasteiger partial charge is 0.252 e. The summed E-state index contributed by atoms with van der Waals surface area (Å²) in [5.74, 6) is 6.27.